The Balaban J connectivity index is 1.64. The van der Waals surface area contributed by atoms with Gasteiger partial charge >= 0.3 is 0 Å². The highest BCUT2D eigenvalue weighted by molar-refractivity contribution is 5.77. The fourth-order valence-corrected chi connectivity index (χ4v) is 1.60. The van der Waals surface area contributed by atoms with Gasteiger partial charge in [0, 0.05) is 31.5 Å². The van der Waals surface area contributed by atoms with Crippen LogP contribution in [-0.4, -0.2) is 29.1 Å². The SMILES string of the molecule is Cc1cc(CC(=O)NCCNc2cccnc2)on1. The van der Waals surface area contributed by atoms with E-state index in [0.29, 0.717) is 18.8 Å². The van der Waals surface area contributed by atoms with Crippen molar-refractivity contribution in [1.29, 1.82) is 0 Å². The quantitative estimate of drug-likeness (QED) is 0.761. The van der Waals surface area contributed by atoms with Crippen LogP contribution in [0.15, 0.2) is 35.1 Å². The monoisotopic (exact) mass is 260 g/mol. The summed E-state index contributed by atoms with van der Waals surface area (Å²) in [6.07, 6.45) is 3.67. The largest absolute Gasteiger partial charge is 0.382 e. The number of carbonyl (C=O) groups excluding carboxylic acids is 1. The van der Waals surface area contributed by atoms with Gasteiger partial charge in [0.2, 0.25) is 5.91 Å². The van der Waals surface area contributed by atoms with Crippen LogP contribution in [0.1, 0.15) is 11.5 Å². The average Bonchev–Trinajstić information content (AvgIpc) is 2.81. The Kier molecular flexibility index (Phi) is 4.49. The third kappa shape index (κ3) is 4.42. The molecule has 0 saturated heterocycles. The van der Waals surface area contributed by atoms with Gasteiger partial charge in [-0.05, 0) is 19.1 Å². The third-order valence-electron chi connectivity index (χ3n) is 2.45. The van der Waals surface area contributed by atoms with Crippen LogP contribution in [0.4, 0.5) is 5.69 Å². The smallest absolute Gasteiger partial charge is 0.227 e. The Morgan fingerprint density at radius 1 is 1.42 bits per heavy atom. The molecule has 100 valence electrons. The van der Waals surface area contributed by atoms with E-state index in [-0.39, 0.29) is 12.3 Å². The maximum absolute atomic E-state index is 11.6. The first-order valence-electron chi connectivity index (χ1n) is 6.07. The van der Waals surface area contributed by atoms with Gasteiger partial charge in [-0.2, -0.15) is 0 Å². The zero-order valence-corrected chi connectivity index (χ0v) is 10.7. The maximum atomic E-state index is 11.6. The molecule has 0 fully saturated rings. The molecule has 6 heteroatoms. The van der Waals surface area contributed by atoms with Crippen LogP contribution in [-0.2, 0) is 11.2 Å². The lowest BCUT2D eigenvalue weighted by Gasteiger charge is -2.06. The molecule has 2 aromatic rings. The Hall–Kier alpha value is -2.37. The number of nitrogens with one attached hydrogen (secondary N) is 2. The van der Waals surface area contributed by atoms with Crippen molar-refractivity contribution < 1.29 is 9.32 Å². The molecule has 0 spiro atoms. The molecule has 0 aromatic carbocycles. The van der Waals surface area contributed by atoms with Crippen molar-refractivity contribution in [3.63, 3.8) is 0 Å². The van der Waals surface area contributed by atoms with Crippen LogP contribution in [0, 0.1) is 6.92 Å². The first-order valence-corrected chi connectivity index (χ1v) is 6.07. The Morgan fingerprint density at radius 3 is 3.00 bits per heavy atom. The van der Waals surface area contributed by atoms with Crippen molar-refractivity contribution >= 4 is 11.6 Å². The summed E-state index contributed by atoms with van der Waals surface area (Å²) in [6, 6.07) is 5.53. The number of hydrogen-bond donors (Lipinski definition) is 2. The van der Waals surface area contributed by atoms with E-state index in [1.54, 1.807) is 18.5 Å². The topological polar surface area (TPSA) is 80.0 Å². The molecule has 0 aliphatic rings. The summed E-state index contributed by atoms with van der Waals surface area (Å²) in [4.78, 5) is 15.6. The van der Waals surface area contributed by atoms with E-state index in [1.807, 2.05) is 19.1 Å². The third-order valence-corrected chi connectivity index (χ3v) is 2.45. The fraction of sp³-hybridized carbons (Fsp3) is 0.308. The number of anilines is 1. The van der Waals surface area contributed by atoms with E-state index in [9.17, 15) is 4.79 Å². The number of amides is 1. The molecule has 0 aliphatic carbocycles. The number of rotatable bonds is 6. The van der Waals surface area contributed by atoms with E-state index >= 15 is 0 Å². The van der Waals surface area contributed by atoms with E-state index in [0.717, 1.165) is 11.4 Å². The molecule has 6 nitrogen and oxygen atoms in total. The van der Waals surface area contributed by atoms with Gasteiger partial charge in [0.25, 0.3) is 0 Å². The molecule has 2 N–H and O–H groups in total. The number of aromatic nitrogens is 2. The van der Waals surface area contributed by atoms with Crippen LogP contribution < -0.4 is 10.6 Å². The van der Waals surface area contributed by atoms with Gasteiger partial charge in [0.05, 0.1) is 17.8 Å². The number of carbonyl (C=O) groups is 1. The van der Waals surface area contributed by atoms with Crippen molar-refractivity contribution in [2.75, 3.05) is 18.4 Å². The number of aryl methyl sites for hydroxylation is 1. The van der Waals surface area contributed by atoms with Gasteiger partial charge in [-0.25, -0.2) is 0 Å². The summed E-state index contributed by atoms with van der Waals surface area (Å²) in [7, 11) is 0. The van der Waals surface area contributed by atoms with Crippen molar-refractivity contribution in [1.82, 2.24) is 15.5 Å². The first-order chi connectivity index (χ1) is 9.24. The van der Waals surface area contributed by atoms with E-state index < -0.39 is 0 Å². The predicted octanol–water partition coefficient (Wildman–Crippen LogP) is 1.15. The molecule has 0 atom stereocenters. The highest BCUT2D eigenvalue weighted by Gasteiger charge is 2.07. The molecular formula is C13H16N4O2. The highest BCUT2D eigenvalue weighted by Crippen LogP contribution is 2.03. The van der Waals surface area contributed by atoms with E-state index in [2.05, 4.69) is 20.8 Å². The van der Waals surface area contributed by atoms with Gasteiger partial charge in [0.15, 0.2) is 0 Å². The summed E-state index contributed by atoms with van der Waals surface area (Å²) in [5.74, 6) is 0.499. The predicted molar refractivity (Wildman–Crippen MR) is 70.7 cm³/mol. The lowest BCUT2D eigenvalue weighted by Crippen LogP contribution is -2.29. The lowest BCUT2D eigenvalue weighted by molar-refractivity contribution is -0.120. The zero-order chi connectivity index (χ0) is 13.5. The zero-order valence-electron chi connectivity index (χ0n) is 10.7. The number of hydrogen-bond acceptors (Lipinski definition) is 5. The summed E-state index contributed by atoms with van der Waals surface area (Å²) >= 11 is 0. The Labute approximate surface area is 111 Å². The van der Waals surface area contributed by atoms with Gasteiger partial charge < -0.3 is 15.2 Å². The first kappa shape index (κ1) is 13.1. The van der Waals surface area contributed by atoms with Crippen LogP contribution in [0.5, 0.6) is 0 Å². The van der Waals surface area contributed by atoms with Crippen LogP contribution >= 0.6 is 0 Å². The van der Waals surface area contributed by atoms with E-state index in [4.69, 9.17) is 4.52 Å². The van der Waals surface area contributed by atoms with E-state index in [1.165, 1.54) is 0 Å². The Morgan fingerprint density at radius 2 is 2.32 bits per heavy atom. The molecule has 1 amide bonds. The van der Waals surface area contributed by atoms with Crippen molar-refractivity contribution in [2.45, 2.75) is 13.3 Å². The second-order valence-electron chi connectivity index (χ2n) is 4.13. The molecular weight excluding hydrogens is 244 g/mol. The second-order valence-corrected chi connectivity index (χ2v) is 4.13. The van der Waals surface area contributed by atoms with Crippen molar-refractivity contribution in [3.05, 3.63) is 42.0 Å². The Bertz CT molecular complexity index is 524. The molecule has 2 rings (SSSR count). The van der Waals surface area contributed by atoms with Crippen molar-refractivity contribution in [3.8, 4) is 0 Å². The summed E-state index contributed by atoms with van der Waals surface area (Å²) < 4.78 is 4.98. The minimum absolute atomic E-state index is 0.0795. The standard InChI is InChI=1S/C13H16N4O2/c1-10-7-12(19-17-10)8-13(18)16-6-5-15-11-3-2-4-14-9-11/h2-4,7,9,15H,5-6,8H2,1H3,(H,16,18). The normalized spacial score (nSPS) is 10.2. The molecule has 0 bridgehead atoms. The second kappa shape index (κ2) is 6.53. The molecule has 19 heavy (non-hydrogen) atoms. The number of pyridine rings is 1. The van der Waals surface area contributed by atoms with Crippen LogP contribution in [0.2, 0.25) is 0 Å². The number of nitrogens with zero attached hydrogens (tertiary/aromatic N) is 2. The lowest BCUT2D eigenvalue weighted by atomic mass is 10.3. The van der Waals surface area contributed by atoms with Gasteiger partial charge in [-0.1, -0.05) is 5.16 Å². The molecule has 0 unspecified atom stereocenters. The molecule has 0 radical (unpaired) electrons. The summed E-state index contributed by atoms with van der Waals surface area (Å²) in [5.41, 5.74) is 1.71. The average molecular weight is 260 g/mol. The molecule has 0 saturated carbocycles. The molecule has 2 aromatic heterocycles. The molecule has 2 heterocycles. The summed E-state index contributed by atoms with van der Waals surface area (Å²) in [5, 5.41) is 9.69. The van der Waals surface area contributed by atoms with Gasteiger partial charge in [-0.3, -0.25) is 9.78 Å². The van der Waals surface area contributed by atoms with Gasteiger partial charge in [-0.15, -0.1) is 0 Å². The minimum Gasteiger partial charge on any atom is -0.382 e. The molecule has 0 aliphatic heterocycles. The van der Waals surface area contributed by atoms with Crippen LogP contribution in [0.3, 0.4) is 0 Å². The summed E-state index contributed by atoms with van der Waals surface area (Å²) in [6.45, 7) is 3.01. The highest BCUT2D eigenvalue weighted by atomic mass is 16.5. The van der Waals surface area contributed by atoms with Crippen molar-refractivity contribution in [2.24, 2.45) is 0 Å². The maximum Gasteiger partial charge on any atom is 0.227 e. The van der Waals surface area contributed by atoms with Crippen LogP contribution in [0.25, 0.3) is 0 Å². The van der Waals surface area contributed by atoms with Gasteiger partial charge in [0.1, 0.15) is 5.76 Å². The fourth-order valence-electron chi connectivity index (χ4n) is 1.60. The minimum atomic E-state index is -0.0795.